The molecule has 2 aromatic heterocycles. The van der Waals surface area contributed by atoms with E-state index in [1.165, 1.54) is 16.9 Å². The molecule has 1 saturated heterocycles. The van der Waals surface area contributed by atoms with Gasteiger partial charge in [0, 0.05) is 38.9 Å². The number of rotatable bonds is 7. The van der Waals surface area contributed by atoms with E-state index in [1.807, 2.05) is 23.1 Å². The summed E-state index contributed by atoms with van der Waals surface area (Å²) in [5.41, 5.74) is 2.94. The van der Waals surface area contributed by atoms with Crippen molar-refractivity contribution in [2.75, 3.05) is 38.1 Å². The maximum Gasteiger partial charge on any atom is 0.350 e. The van der Waals surface area contributed by atoms with Crippen LogP contribution >= 0.6 is 11.3 Å². The molecule has 0 atom stereocenters. The van der Waals surface area contributed by atoms with Crippen LogP contribution in [0.25, 0.3) is 0 Å². The van der Waals surface area contributed by atoms with Crippen LogP contribution in [-0.2, 0) is 11.3 Å². The van der Waals surface area contributed by atoms with Crippen LogP contribution in [0.3, 0.4) is 0 Å². The van der Waals surface area contributed by atoms with Crippen molar-refractivity contribution >= 4 is 34.3 Å². The molecule has 0 unspecified atom stereocenters. The maximum absolute atomic E-state index is 13.1. The van der Waals surface area contributed by atoms with E-state index >= 15 is 0 Å². The minimum absolute atomic E-state index is 0.0573. The molecule has 0 radical (unpaired) electrons. The third-order valence-corrected chi connectivity index (χ3v) is 6.65. The third-order valence-electron chi connectivity index (χ3n) is 5.59. The first-order chi connectivity index (χ1) is 16.4. The zero-order valence-electron chi connectivity index (χ0n) is 19.6. The average Bonchev–Trinajstić information content (AvgIpc) is 3.20. The topological polar surface area (TPSA) is 101 Å². The van der Waals surface area contributed by atoms with Crippen LogP contribution in [0.2, 0.25) is 0 Å². The smallest absolute Gasteiger partial charge is 0.350 e. The number of nitrogens with zero attached hydrogens (tertiary/aromatic N) is 5. The lowest BCUT2D eigenvalue weighted by Gasteiger charge is -2.34. The molecule has 178 valence electrons. The Hall–Kier alpha value is -3.37. The second-order valence-electron chi connectivity index (χ2n) is 8.03. The highest BCUT2D eigenvalue weighted by Gasteiger charge is 2.24. The van der Waals surface area contributed by atoms with Gasteiger partial charge in [-0.25, -0.2) is 19.7 Å². The van der Waals surface area contributed by atoms with E-state index in [1.54, 1.807) is 27.0 Å². The van der Waals surface area contributed by atoms with E-state index in [9.17, 15) is 9.59 Å². The largest absolute Gasteiger partial charge is 0.462 e. The number of nitrogens with one attached hydrogen (secondary N) is 1. The van der Waals surface area contributed by atoms with Crippen LogP contribution in [0.5, 0.6) is 0 Å². The second kappa shape index (κ2) is 10.7. The number of piperazine rings is 1. The van der Waals surface area contributed by atoms with Crippen molar-refractivity contribution in [2.45, 2.75) is 27.3 Å². The number of thiazole rings is 1. The standard InChI is InChI=1S/C24H28N6O3S/c1-4-33-22(32)20-17(3)27-24(34-20)28-23-25-14-19(16(2)26-23)21(31)30-12-10-29(11-13-30)15-18-8-6-5-7-9-18/h5-9,14H,4,10-13,15H2,1-3H3,(H,25,26,27,28). The van der Waals surface area contributed by atoms with Crippen LogP contribution in [0.1, 0.15) is 43.9 Å². The van der Waals surface area contributed by atoms with Gasteiger partial charge in [-0.3, -0.25) is 9.69 Å². The summed E-state index contributed by atoms with van der Waals surface area (Å²) in [5, 5.41) is 3.52. The number of hydrogen-bond donors (Lipinski definition) is 1. The van der Waals surface area contributed by atoms with Crippen LogP contribution in [0.15, 0.2) is 36.5 Å². The summed E-state index contributed by atoms with van der Waals surface area (Å²) in [7, 11) is 0. The van der Waals surface area contributed by atoms with Crippen molar-refractivity contribution in [1.29, 1.82) is 0 Å². The number of esters is 1. The van der Waals surface area contributed by atoms with E-state index in [-0.39, 0.29) is 5.91 Å². The summed E-state index contributed by atoms with van der Waals surface area (Å²) in [4.78, 5) is 42.9. The van der Waals surface area contributed by atoms with Gasteiger partial charge in [-0.2, -0.15) is 0 Å². The molecule has 1 aromatic carbocycles. The molecule has 1 N–H and O–H groups in total. The molecule has 0 aliphatic carbocycles. The fourth-order valence-electron chi connectivity index (χ4n) is 3.79. The number of anilines is 2. The summed E-state index contributed by atoms with van der Waals surface area (Å²) < 4.78 is 5.05. The molecule has 10 heteroatoms. The highest BCUT2D eigenvalue weighted by Crippen LogP contribution is 2.25. The van der Waals surface area contributed by atoms with Crippen molar-refractivity contribution in [3.8, 4) is 0 Å². The zero-order valence-corrected chi connectivity index (χ0v) is 20.4. The van der Waals surface area contributed by atoms with E-state index in [2.05, 4.69) is 37.3 Å². The number of aromatic nitrogens is 3. The average molecular weight is 481 g/mol. The monoisotopic (exact) mass is 480 g/mol. The van der Waals surface area contributed by atoms with E-state index in [0.717, 1.165) is 19.6 Å². The van der Waals surface area contributed by atoms with E-state index in [0.29, 0.717) is 52.6 Å². The van der Waals surface area contributed by atoms with Gasteiger partial charge in [0.15, 0.2) is 5.13 Å². The number of carbonyl (C=O) groups excluding carboxylic acids is 2. The predicted molar refractivity (Wildman–Crippen MR) is 130 cm³/mol. The van der Waals surface area contributed by atoms with Crippen molar-refractivity contribution in [2.24, 2.45) is 0 Å². The molecular weight excluding hydrogens is 452 g/mol. The zero-order chi connectivity index (χ0) is 24.1. The highest BCUT2D eigenvalue weighted by molar-refractivity contribution is 7.17. The van der Waals surface area contributed by atoms with Gasteiger partial charge in [0.1, 0.15) is 4.88 Å². The summed E-state index contributed by atoms with van der Waals surface area (Å²) in [5.74, 6) is -0.128. The van der Waals surface area contributed by atoms with Crippen molar-refractivity contribution < 1.29 is 14.3 Å². The molecule has 1 aliphatic rings. The van der Waals surface area contributed by atoms with Gasteiger partial charge in [-0.1, -0.05) is 41.7 Å². The Morgan fingerprint density at radius 1 is 1.06 bits per heavy atom. The summed E-state index contributed by atoms with van der Waals surface area (Å²) in [6, 6.07) is 10.4. The second-order valence-corrected chi connectivity index (χ2v) is 9.02. The quantitative estimate of drug-likeness (QED) is 0.514. The molecule has 0 saturated carbocycles. The van der Waals surface area contributed by atoms with Crippen LogP contribution < -0.4 is 5.32 Å². The highest BCUT2D eigenvalue weighted by atomic mass is 32.1. The van der Waals surface area contributed by atoms with Crippen LogP contribution in [0, 0.1) is 13.8 Å². The molecule has 3 heterocycles. The SMILES string of the molecule is CCOC(=O)c1sc(Nc2ncc(C(=O)N3CCN(Cc4ccccc4)CC3)c(C)n2)nc1C. The number of ether oxygens (including phenoxy) is 1. The molecule has 1 amide bonds. The third kappa shape index (κ3) is 5.57. The van der Waals surface area contributed by atoms with Crippen molar-refractivity contribution in [3.05, 3.63) is 63.9 Å². The normalized spacial score (nSPS) is 14.1. The van der Waals surface area contributed by atoms with Crippen LogP contribution in [-0.4, -0.2) is 69.4 Å². The van der Waals surface area contributed by atoms with Gasteiger partial charge in [0.25, 0.3) is 5.91 Å². The predicted octanol–water partition coefficient (Wildman–Crippen LogP) is 3.43. The lowest BCUT2D eigenvalue weighted by atomic mass is 10.1. The minimum Gasteiger partial charge on any atom is -0.462 e. The molecule has 1 aliphatic heterocycles. The van der Waals surface area contributed by atoms with Crippen LogP contribution in [0.4, 0.5) is 11.1 Å². The summed E-state index contributed by atoms with van der Waals surface area (Å²) in [6.07, 6.45) is 1.55. The van der Waals surface area contributed by atoms with Crippen molar-refractivity contribution in [3.63, 3.8) is 0 Å². The molecule has 0 bridgehead atoms. The molecular formula is C24H28N6O3S. The van der Waals surface area contributed by atoms with Crippen molar-refractivity contribution in [1.82, 2.24) is 24.8 Å². The Morgan fingerprint density at radius 3 is 2.47 bits per heavy atom. The van der Waals surface area contributed by atoms with Gasteiger partial charge in [0.2, 0.25) is 5.95 Å². The molecule has 4 rings (SSSR count). The Morgan fingerprint density at radius 2 is 1.79 bits per heavy atom. The van der Waals surface area contributed by atoms with E-state index in [4.69, 9.17) is 4.74 Å². The molecule has 34 heavy (non-hydrogen) atoms. The number of amides is 1. The van der Waals surface area contributed by atoms with Gasteiger partial charge in [0.05, 0.1) is 23.6 Å². The molecule has 3 aromatic rings. The lowest BCUT2D eigenvalue weighted by Crippen LogP contribution is -2.48. The first-order valence-electron chi connectivity index (χ1n) is 11.3. The first kappa shape index (κ1) is 23.8. The number of benzene rings is 1. The Kier molecular flexibility index (Phi) is 7.49. The minimum atomic E-state index is -0.396. The van der Waals surface area contributed by atoms with Gasteiger partial charge in [-0.05, 0) is 26.3 Å². The maximum atomic E-state index is 13.1. The molecule has 0 spiro atoms. The van der Waals surface area contributed by atoms with Gasteiger partial charge < -0.3 is 15.0 Å². The Labute approximate surface area is 202 Å². The van der Waals surface area contributed by atoms with Gasteiger partial charge >= 0.3 is 5.97 Å². The number of carbonyl (C=O) groups is 2. The number of aryl methyl sites for hydroxylation is 2. The molecule has 1 fully saturated rings. The Balaban J connectivity index is 1.36. The molecule has 9 nitrogen and oxygen atoms in total. The lowest BCUT2D eigenvalue weighted by molar-refractivity contribution is 0.0530. The van der Waals surface area contributed by atoms with E-state index < -0.39 is 5.97 Å². The first-order valence-corrected chi connectivity index (χ1v) is 12.1. The summed E-state index contributed by atoms with van der Waals surface area (Å²) >= 11 is 1.19. The number of hydrogen-bond acceptors (Lipinski definition) is 9. The fraction of sp³-hybridized carbons (Fsp3) is 0.375. The fourth-order valence-corrected chi connectivity index (χ4v) is 4.64. The van der Waals surface area contributed by atoms with Gasteiger partial charge in [-0.15, -0.1) is 0 Å². The summed E-state index contributed by atoms with van der Waals surface area (Å²) in [6.45, 7) is 9.49. The Bertz CT molecular complexity index is 1160.